The van der Waals surface area contributed by atoms with E-state index in [1.54, 1.807) is 21.0 Å². The molecule has 0 saturated carbocycles. The van der Waals surface area contributed by atoms with Gasteiger partial charge in [0.1, 0.15) is 10.5 Å². The number of rotatable bonds is 3. The molecule has 0 fully saturated rings. The van der Waals surface area contributed by atoms with Gasteiger partial charge in [-0.15, -0.1) is 0 Å². The number of nitro groups is 1. The Hall–Kier alpha value is -2.64. The third-order valence-electron chi connectivity index (χ3n) is 2.48. The van der Waals surface area contributed by atoms with Crippen LogP contribution in [0.25, 0.3) is 11.5 Å². The minimum atomic E-state index is -0.667. The van der Waals surface area contributed by atoms with Gasteiger partial charge in [-0.1, -0.05) is 5.16 Å². The number of carbonyl (C=O) groups is 1. The Morgan fingerprint density at radius 3 is 2.63 bits per heavy atom. The molecule has 0 N–H and O–H groups in total. The Kier molecular flexibility index (Phi) is 3.07. The normalized spacial score (nSPS) is 10.5. The maximum atomic E-state index is 12.0. The predicted octanol–water partition coefficient (Wildman–Crippen LogP) is 1.85. The number of hydrogen-bond acceptors (Lipinski definition) is 6. The number of hydrogen-bond donors (Lipinski definition) is 0. The smallest absolute Gasteiger partial charge is 0.397 e. The van der Waals surface area contributed by atoms with Gasteiger partial charge in [-0.2, -0.15) is 0 Å². The largest absolute Gasteiger partial charge is 0.433 e. The molecule has 8 nitrogen and oxygen atoms in total. The molecule has 0 saturated heterocycles. The zero-order valence-corrected chi connectivity index (χ0v) is 10.5. The first-order valence-corrected chi connectivity index (χ1v) is 5.34. The molecule has 1 amide bonds. The maximum absolute atomic E-state index is 12.0. The highest BCUT2D eigenvalue weighted by molar-refractivity contribution is 5.99. The lowest BCUT2D eigenvalue weighted by atomic mass is 10.1. The average molecular weight is 265 g/mol. The number of aryl methyl sites for hydroxylation is 1. The Morgan fingerprint density at radius 1 is 1.42 bits per heavy atom. The molecular weight excluding hydrogens is 254 g/mol. The van der Waals surface area contributed by atoms with Gasteiger partial charge in [0.15, 0.2) is 5.76 Å². The van der Waals surface area contributed by atoms with E-state index in [-0.39, 0.29) is 23.0 Å². The van der Waals surface area contributed by atoms with Gasteiger partial charge in [-0.3, -0.25) is 14.9 Å². The summed E-state index contributed by atoms with van der Waals surface area (Å²) in [5.41, 5.74) is 0.627. The van der Waals surface area contributed by atoms with Crippen molar-refractivity contribution in [2.45, 2.75) is 6.92 Å². The summed E-state index contributed by atoms with van der Waals surface area (Å²) >= 11 is 0. The summed E-state index contributed by atoms with van der Waals surface area (Å²) in [6.45, 7) is 1.61. The lowest BCUT2D eigenvalue weighted by molar-refractivity contribution is -0.401. The van der Waals surface area contributed by atoms with Gasteiger partial charge >= 0.3 is 5.88 Å². The molecule has 2 heterocycles. The van der Waals surface area contributed by atoms with Crippen molar-refractivity contribution in [3.8, 4) is 11.5 Å². The van der Waals surface area contributed by atoms with Crippen LogP contribution in [0.15, 0.2) is 21.1 Å². The Balaban J connectivity index is 2.50. The van der Waals surface area contributed by atoms with Crippen molar-refractivity contribution in [2.24, 2.45) is 0 Å². The molecule has 0 aliphatic carbocycles. The van der Waals surface area contributed by atoms with Crippen LogP contribution in [-0.2, 0) is 0 Å². The molecule has 0 aromatic carbocycles. The van der Waals surface area contributed by atoms with E-state index in [9.17, 15) is 14.9 Å². The lowest BCUT2D eigenvalue weighted by Gasteiger charge is -2.09. The summed E-state index contributed by atoms with van der Waals surface area (Å²) in [6, 6.07) is 2.56. The molecule has 100 valence electrons. The first-order valence-electron chi connectivity index (χ1n) is 5.34. The SMILES string of the molecule is Cc1noc(-c2ccc([N+](=O)[O-])o2)c1C(=O)N(C)C. The first-order chi connectivity index (χ1) is 8.91. The average Bonchev–Trinajstić information content (AvgIpc) is 2.94. The highest BCUT2D eigenvalue weighted by Crippen LogP contribution is 2.30. The summed E-state index contributed by atoms with van der Waals surface area (Å²) in [7, 11) is 3.17. The highest BCUT2D eigenvalue weighted by Gasteiger charge is 2.26. The van der Waals surface area contributed by atoms with Crippen LogP contribution in [0.3, 0.4) is 0 Å². The molecule has 0 atom stereocenters. The van der Waals surface area contributed by atoms with Crippen LogP contribution in [0.5, 0.6) is 0 Å². The summed E-state index contributed by atoms with van der Waals surface area (Å²) in [5.74, 6) is -0.554. The zero-order chi connectivity index (χ0) is 14.2. The lowest BCUT2D eigenvalue weighted by Crippen LogP contribution is -2.22. The zero-order valence-electron chi connectivity index (χ0n) is 10.5. The maximum Gasteiger partial charge on any atom is 0.433 e. The molecule has 19 heavy (non-hydrogen) atoms. The Bertz CT molecular complexity index is 641. The number of aromatic nitrogens is 1. The minimum Gasteiger partial charge on any atom is -0.397 e. The molecule has 2 aromatic rings. The van der Waals surface area contributed by atoms with Gasteiger partial charge in [0.05, 0.1) is 11.8 Å². The fourth-order valence-corrected chi connectivity index (χ4v) is 1.56. The van der Waals surface area contributed by atoms with E-state index in [2.05, 4.69) is 5.16 Å². The van der Waals surface area contributed by atoms with E-state index in [0.717, 1.165) is 0 Å². The van der Waals surface area contributed by atoms with E-state index >= 15 is 0 Å². The van der Waals surface area contributed by atoms with Crippen LogP contribution in [0.2, 0.25) is 0 Å². The number of amides is 1. The Morgan fingerprint density at radius 2 is 2.11 bits per heavy atom. The molecule has 0 radical (unpaired) electrons. The number of carbonyl (C=O) groups excluding carboxylic acids is 1. The van der Waals surface area contributed by atoms with Crippen LogP contribution >= 0.6 is 0 Å². The van der Waals surface area contributed by atoms with E-state index in [0.29, 0.717) is 5.69 Å². The van der Waals surface area contributed by atoms with Gasteiger partial charge in [-0.25, -0.2) is 0 Å². The van der Waals surface area contributed by atoms with E-state index in [4.69, 9.17) is 8.94 Å². The van der Waals surface area contributed by atoms with E-state index < -0.39 is 10.8 Å². The van der Waals surface area contributed by atoms with E-state index in [1.165, 1.54) is 17.0 Å². The van der Waals surface area contributed by atoms with Crippen molar-refractivity contribution in [3.63, 3.8) is 0 Å². The van der Waals surface area contributed by atoms with Crippen LogP contribution in [0.1, 0.15) is 16.1 Å². The second-order valence-corrected chi connectivity index (χ2v) is 4.07. The highest BCUT2D eigenvalue weighted by atomic mass is 16.6. The monoisotopic (exact) mass is 265 g/mol. The molecule has 0 aliphatic rings. The van der Waals surface area contributed by atoms with Crippen molar-refractivity contribution in [2.75, 3.05) is 14.1 Å². The molecule has 0 unspecified atom stereocenters. The van der Waals surface area contributed by atoms with Crippen LogP contribution < -0.4 is 0 Å². The van der Waals surface area contributed by atoms with E-state index in [1.807, 2.05) is 0 Å². The number of nitrogens with zero attached hydrogens (tertiary/aromatic N) is 3. The molecule has 8 heteroatoms. The van der Waals surface area contributed by atoms with Gasteiger partial charge in [0, 0.05) is 14.1 Å². The van der Waals surface area contributed by atoms with Crippen LogP contribution in [0.4, 0.5) is 5.88 Å². The summed E-state index contributed by atoms with van der Waals surface area (Å²) in [6.07, 6.45) is 0. The van der Waals surface area contributed by atoms with Crippen molar-refractivity contribution < 1.29 is 18.7 Å². The predicted molar refractivity (Wildman–Crippen MR) is 63.6 cm³/mol. The number of furan rings is 1. The topological polar surface area (TPSA) is 103 Å². The summed E-state index contributed by atoms with van der Waals surface area (Å²) in [5, 5.41) is 14.3. The van der Waals surface area contributed by atoms with Crippen molar-refractivity contribution >= 4 is 11.8 Å². The third-order valence-corrected chi connectivity index (χ3v) is 2.48. The standard InChI is InChI=1S/C11H11N3O5/c1-6-9(11(15)13(2)3)10(19-12-6)7-4-5-8(18-7)14(16)17/h4-5H,1-3H3. The first kappa shape index (κ1) is 12.8. The second kappa shape index (κ2) is 4.56. The van der Waals surface area contributed by atoms with Crippen molar-refractivity contribution in [1.82, 2.24) is 10.1 Å². The quantitative estimate of drug-likeness (QED) is 0.619. The van der Waals surface area contributed by atoms with Gasteiger partial charge in [-0.05, 0) is 13.0 Å². The third kappa shape index (κ3) is 2.19. The van der Waals surface area contributed by atoms with Gasteiger partial charge in [0.25, 0.3) is 5.91 Å². The summed E-state index contributed by atoms with van der Waals surface area (Å²) < 4.78 is 10.0. The fraction of sp³-hybridized carbons (Fsp3) is 0.273. The van der Waals surface area contributed by atoms with Crippen LogP contribution in [0, 0.1) is 17.0 Å². The van der Waals surface area contributed by atoms with Crippen molar-refractivity contribution in [1.29, 1.82) is 0 Å². The molecular formula is C11H11N3O5. The molecule has 0 bridgehead atoms. The van der Waals surface area contributed by atoms with Gasteiger partial charge < -0.3 is 13.8 Å². The van der Waals surface area contributed by atoms with Crippen molar-refractivity contribution in [3.05, 3.63) is 33.5 Å². The fourth-order valence-electron chi connectivity index (χ4n) is 1.56. The van der Waals surface area contributed by atoms with Gasteiger partial charge in [0.2, 0.25) is 5.76 Å². The molecule has 2 aromatic heterocycles. The molecule has 2 rings (SSSR count). The second-order valence-electron chi connectivity index (χ2n) is 4.07. The molecule has 0 aliphatic heterocycles. The van der Waals surface area contributed by atoms with Crippen LogP contribution in [-0.4, -0.2) is 35.0 Å². The Labute approximate surface area is 107 Å². The summed E-state index contributed by atoms with van der Waals surface area (Å²) in [4.78, 5) is 23.3. The molecule has 0 spiro atoms. The minimum absolute atomic E-state index is 0.0873.